The van der Waals surface area contributed by atoms with Crippen LogP contribution in [0.25, 0.3) is 22.5 Å². The van der Waals surface area contributed by atoms with Crippen LogP contribution in [0.1, 0.15) is 52.0 Å². The molecule has 0 unspecified atom stereocenters. The van der Waals surface area contributed by atoms with E-state index in [-0.39, 0.29) is 16.9 Å². The number of aromatic nitrogens is 2. The van der Waals surface area contributed by atoms with Gasteiger partial charge in [0.1, 0.15) is 0 Å². The van der Waals surface area contributed by atoms with Gasteiger partial charge in [0.2, 0.25) is 0 Å². The first-order chi connectivity index (χ1) is 19.1. The molecule has 5 aliphatic rings. The summed E-state index contributed by atoms with van der Waals surface area (Å²) in [5, 5.41) is 3.47. The number of fused-ring (bicyclic) bond motifs is 7. The molecule has 7 nitrogen and oxygen atoms in total. The third-order valence-corrected chi connectivity index (χ3v) is 10.1. The van der Waals surface area contributed by atoms with Crippen molar-refractivity contribution in [1.29, 1.82) is 0 Å². The zero-order valence-corrected chi connectivity index (χ0v) is 22.8. The number of carbonyl (C=O) groups is 1. The van der Waals surface area contributed by atoms with E-state index in [0.717, 1.165) is 101 Å². The lowest BCUT2D eigenvalue weighted by molar-refractivity contribution is 0.0339. The molecule has 7 heteroatoms. The van der Waals surface area contributed by atoms with E-state index in [2.05, 4.69) is 63.7 Å². The monoisotopic (exact) mass is 523 g/mol. The van der Waals surface area contributed by atoms with Gasteiger partial charge in [-0.05, 0) is 74.9 Å². The SMILES string of the molecule is CN1CC2(C1)c1[nH]c3c(c1C(=O)NC21CC1)CCc1cnc(-c2ccc(CCCN4CCOCC4)cc2)cc1-3. The minimum Gasteiger partial charge on any atom is -0.379 e. The molecule has 2 spiro atoms. The molecule has 0 bridgehead atoms. The van der Waals surface area contributed by atoms with E-state index in [1.165, 1.54) is 34.4 Å². The van der Waals surface area contributed by atoms with Crippen molar-refractivity contribution in [2.24, 2.45) is 0 Å². The van der Waals surface area contributed by atoms with Crippen molar-refractivity contribution in [1.82, 2.24) is 25.1 Å². The van der Waals surface area contributed by atoms with Gasteiger partial charge in [-0.15, -0.1) is 0 Å². The number of amides is 1. The molecular weight excluding hydrogens is 486 g/mol. The molecule has 3 aromatic rings. The largest absolute Gasteiger partial charge is 0.379 e. The van der Waals surface area contributed by atoms with Gasteiger partial charge in [0.05, 0.1) is 41.1 Å². The van der Waals surface area contributed by atoms with E-state index < -0.39 is 0 Å². The summed E-state index contributed by atoms with van der Waals surface area (Å²) in [5.41, 5.74) is 10.4. The van der Waals surface area contributed by atoms with E-state index in [1.54, 1.807) is 0 Å². The molecule has 2 saturated heterocycles. The number of pyridine rings is 1. The number of carbonyl (C=O) groups excluding carboxylic acids is 1. The van der Waals surface area contributed by atoms with Crippen LogP contribution in [-0.4, -0.2) is 84.2 Å². The van der Waals surface area contributed by atoms with Crippen LogP contribution in [-0.2, 0) is 29.4 Å². The molecule has 0 atom stereocenters. The number of rotatable bonds is 5. The Morgan fingerprint density at radius 3 is 2.62 bits per heavy atom. The Morgan fingerprint density at radius 2 is 1.87 bits per heavy atom. The van der Waals surface area contributed by atoms with Crippen LogP contribution in [0.5, 0.6) is 0 Å². The Balaban J connectivity index is 1.07. The van der Waals surface area contributed by atoms with Gasteiger partial charge in [-0.2, -0.15) is 0 Å². The van der Waals surface area contributed by atoms with Crippen LogP contribution in [0, 0.1) is 0 Å². The highest BCUT2D eigenvalue weighted by Crippen LogP contribution is 2.59. The number of benzene rings is 1. The minimum atomic E-state index is -0.0484. The normalized spacial score (nSPS) is 22.6. The average Bonchev–Trinajstić information content (AvgIpc) is 3.60. The fourth-order valence-electron chi connectivity index (χ4n) is 7.84. The van der Waals surface area contributed by atoms with Crippen LogP contribution in [0.2, 0.25) is 0 Å². The van der Waals surface area contributed by atoms with Crippen molar-refractivity contribution in [3.05, 3.63) is 64.5 Å². The summed E-state index contributed by atoms with van der Waals surface area (Å²) in [6.07, 6.45) is 8.30. The highest BCUT2D eigenvalue weighted by Gasteiger charge is 2.69. The van der Waals surface area contributed by atoms with Gasteiger partial charge < -0.3 is 19.9 Å². The Bertz CT molecular complexity index is 1440. The van der Waals surface area contributed by atoms with Gasteiger partial charge in [0.25, 0.3) is 5.91 Å². The van der Waals surface area contributed by atoms with Crippen molar-refractivity contribution < 1.29 is 9.53 Å². The smallest absolute Gasteiger partial charge is 0.253 e. The first-order valence-electron chi connectivity index (χ1n) is 14.7. The van der Waals surface area contributed by atoms with Gasteiger partial charge in [0.15, 0.2) is 0 Å². The average molecular weight is 524 g/mol. The molecule has 5 heterocycles. The molecule has 2 N–H and O–H groups in total. The number of ether oxygens (including phenoxy) is 1. The molecule has 8 rings (SSSR count). The van der Waals surface area contributed by atoms with Crippen LogP contribution in [0.15, 0.2) is 36.5 Å². The number of nitrogens with one attached hydrogen (secondary N) is 2. The second-order valence-electron chi connectivity index (χ2n) is 12.5. The van der Waals surface area contributed by atoms with Crippen molar-refractivity contribution in [3.63, 3.8) is 0 Å². The first-order valence-corrected chi connectivity index (χ1v) is 14.7. The first kappa shape index (κ1) is 23.9. The predicted molar refractivity (Wildman–Crippen MR) is 151 cm³/mol. The Labute approximate surface area is 229 Å². The number of morpholine rings is 1. The van der Waals surface area contributed by atoms with Gasteiger partial charge >= 0.3 is 0 Å². The van der Waals surface area contributed by atoms with Gasteiger partial charge in [-0.1, -0.05) is 24.3 Å². The van der Waals surface area contributed by atoms with Crippen LogP contribution >= 0.6 is 0 Å². The van der Waals surface area contributed by atoms with Crippen molar-refractivity contribution in [3.8, 4) is 22.5 Å². The number of aryl methyl sites for hydroxylation is 2. The van der Waals surface area contributed by atoms with E-state index in [0.29, 0.717) is 0 Å². The number of H-pyrrole nitrogens is 1. The summed E-state index contributed by atoms with van der Waals surface area (Å²) in [7, 11) is 2.18. The summed E-state index contributed by atoms with van der Waals surface area (Å²) in [6, 6.07) is 11.2. The molecule has 202 valence electrons. The Morgan fingerprint density at radius 1 is 1.08 bits per heavy atom. The number of hydrogen-bond donors (Lipinski definition) is 2. The molecule has 3 fully saturated rings. The van der Waals surface area contributed by atoms with Crippen molar-refractivity contribution in [2.45, 2.75) is 49.5 Å². The van der Waals surface area contributed by atoms with E-state index in [9.17, 15) is 4.79 Å². The van der Waals surface area contributed by atoms with Gasteiger partial charge in [0, 0.05) is 49.2 Å². The molecule has 1 amide bonds. The highest BCUT2D eigenvalue weighted by molar-refractivity contribution is 6.02. The second kappa shape index (κ2) is 8.75. The zero-order valence-electron chi connectivity index (χ0n) is 22.8. The molecule has 2 aromatic heterocycles. The second-order valence-corrected chi connectivity index (χ2v) is 12.5. The maximum atomic E-state index is 13.4. The van der Waals surface area contributed by atoms with Gasteiger partial charge in [-0.3, -0.25) is 14.7 Å². The lowest BCUT2D eigenvalue weighted by Gasteiger charge is -2.55. The number of aromatic amines is 1. The maximum Gasteiger partial charge on any atom is 0.253 e. The third kappa shape index (κ3) is 3.66. The number of hydrogen-bond acceptors (Lipinski definition) is 5. The third-order valence-electron chi connectivity index (χ3n) is 10.1. The summed E-state index contributed by atoms with van der Waals surface area (Å²) in [6.45, 7) is 6.98. The van der Waals surface area contributed by atoms with Crippen LogP contribution < -0.4 is 5.32 Å². The lowest BCUT2D eigenvalue weighted by atomic mass is 9.65. The van der Waals surface area contributed by atoms with Crippen molar-refractivity contribution >= 4 is 5.91 Å². The zero-order chi connectivity index (χ0) is 26.2. The number of nitrogens with zero attached hydrogens (tertiary/aromatic N) is 3. The molecule has 1 saturated carbocycles. The maximum absolute atomic E-state index is 13.4. The molecule has 2 aliphatic carbocycles. The van der Waals surface area contributed by atoms with Crippen LogP contribution in [0.4, 0.5) is 0 Å². The van der Waals surface area contributed by atoms with Crippen molar-refractivity contribution in [2.75, 3.05) is 53.0 Å². The molecule has 39 heavy (non-hydrogen) atoms. The Hall–Kier alpha value is -3.00. The number of likely N-dealkylation sites (tertiary alicyclic amines) is 1. The fourth-order valence-corrected chi connectivity index (χ4v) is 7.84. The summed E-state index contributed by atoms with van der Waals surface area (Å²) in [4.78, 5) is 27.0. The molecular formula is C32H37N5O2. The number of likely N-dealkylation sites (N-methyl/N-ethyl adjacent to an activating group) is 1. The quantitative estimate of drug-likeness (QED) is 0.535. The minimum absolute atomic E-state index is 0.0238. The highest BCUT2D eigenvalue weighted by atomic mass is 16.5. The van der Waals surface area contributed by atoms with Crippen LogP contribution in [0.3, 0.4) is 0 Å². The van der Waals surface area contributed by atoms with Gasteiger partial charge in [-0.25, -0.2) is 0 Å². The summed E-state index contributed by atoms with van der Waals surface area (Å²) < 4.78 is 5.46. The topological polar surface area (TPSA) is 73.5 Å². The van der Waals surface area contributed by atoms with E-state index >= 15 is 0 Å². The molecule has 0 radical (unpaired) electrons. The molecule has 1 aromatic carbocycles. The Kier molecular flexibility index (Phi) is 5.35. The fraction of sp³-hybridized carbons (Fsp3) is 0.500. The molecule has 3 aliphatic heterocycles. The van der Waals surface area contributed by atoms with E-state index in [1.807, 2.05) is 0 Å². The lowest BCUT2D eigenvalue weighted by Crippen LogP contribution is -2.71. The predicted octanol–water partition coefficient (Wildman–Crippen LogP) is 3.57. The van der Waals surface area contributed by atoms with E-state index in [4.69, 9.17) is 9.72 Å². The standard InChI is InChI=1S/C32H37N5O2/c1-36-19-31(20-36)29-27(30(38)35-32(31)10-11-32)24-9-8-23-18-33-26(17-25(23)28(24)34-29)22-6-4-21(5-7-22)3-2-12-37-13-15-39-16-14-37/h4-7,17-18,34H,2-3,8-16,19-20H2,1H3,(H,35,38). The summed E-state index contributed by atoms with van der Waals surface area (Å²) >= 11 is 0. The summed E-state index contributed by atoms with van der Waals surface area (Å²) in [5.74, 6) is 0.127.